The molecule has 0 saturated heterocycles. The number of hydrogen-bond acceptors (Lipinski definition) is 9. The Hall–Kier alpha value is -4.24. The lowest BCUT2D eigenvalue weighted by Crippen LogP contribution is -2.21. The van der Waals surface area contributed by atoms with Crippen LogP contribution in [0.5, 0.6) is 17.6 Å². The zero-order valence-corrected chi connectivity index (χ0v) is 18.8. The van der Waals surface area contributed by atoms with Crippen molar-refractivity contribution in [2.45, 2.75) is 12.5 Å². The number of phenols is 1. The molecular formula is C25H25N5O4. The van der Waals surface area contributed by atoms with Crippen LogP contribution in [0.4, 0.5) is 17.2 Å². The fourth-order valence-electron chi connectivity index (χ4n) is 3.49. The second kappa shape index (κ2) is 10.6. The Morgan fingerprint density at radius 1 is 0.941 bits per heavy atom. The van der Waals surface area contributed by atoms with Crippen LogP contribution in [-0.2, 0) is 6.42 Å². The van der Waals surface area contributed by atoms with Gasteiger partial charge in [0, 0.05) is 30.1 Å². The van der Waals surface area contributed by atoms with Crippen molar-refractivity contribution in [1.29, 1.82) is 0 Å². The molecule has 0 radical (unpaired) electrons. The number of aromatic nitrogens is 2. The summed E-state index contributed by atoms with van der Waals surface area (Å²) in [5.41, 5.74) is 1.76. The number of methoxy groups -OCH3 is 2. The highest BCUT2D eigenvalue weighted by atomic mass is 16.5. The zero-order valence-electron chi connectivity index (χ0n) is 18.8. The number of ether oxygens (including phenoxy) is 2. The zero-order chi connectivity index (χ0) is 23.9. The summed E-state index contributed by atoms with van der Waals surface area (Å²) in [5.74, 6) is 0.441. The Kier molecular flexibility index (Phi) is 7.14. The van der Waals surface area contributed by atoms with E-state index in [-0.39, 0.29) is 35.6 Å². The van der Waals surface area contributed by atoms with Gasteiger partial charge in [0.05, 0.1) is 20.3 Å². The molecule has 4 rings (SSSR count). The molecule has 1 unspecified atom stereocenters. The highest BCUT2D eigenvalue weighted by Gasteiger charge is 2.16. The van der Waals surface area contributed by atoms with E-state index >= 15 is 0 Å². The number of azo groups is 1. The van der Waals surface area contributed by atoms with Crippen molar-refractivity contribution >= 4 is 28.0 Å². The quantitative estimate of drug-likeness (QED) is 0.308. The van der Waals surface area contributed by atoms with Gasteiger partial charge in [0.2, 0.25) is 5.88 Å². The van der Waals surface area contributed by atoms with Crippen LogP contribution in [0, 0.1) is 0 Å². The summed E-state index contributed by atoms with van der Waals surface area (Å²) in [6.07, 6.45) is -0.499. The first-order valence-electron chi connectivity index (χ1n) is 10.7. The van der Waals surface area contributed by atoms with Gasteiger partial charge in [-0.05, 0) is 29.1 Å². The van der Waals surface area contributed by atoms with E-state index in [1.807, 2.05) is 60.7 Å². The molecule has 34 heavy (non-hydrogen) atoms. The molecule has 0 spiro atoms. The summed E-state index contributed by atoms with van der Waals surface area (Å²) in [4.78, 5) is 8.18. The molecule has 0 fully saturated rings. The third kappa shape index (κ3) is 5.38. The summed E-state index contributed by atoms with van der Waals surface area (Å²) in [7, 11) is 2.92. The van der Waals surface area contributed by atoms with Crippen molar-refractivity contribution in [3.63, 3.8) is 0 Å². The standard InChI is InChI=1S/C25H25N5O4/c1-33-22-14-21(27-25(28-22)34-2)29-30-23-20-11-7-6-8-16(20)12-17(24(23)32)13-19(31)15-26-18-9-4-3-5-10-18/h3-12,14,19,26,31-32H,13,15H2,1-2H3. The number of aromatic hydroxyl groups is 1. The van der Waals surface area contributed by atoms with E-state index in [1.165, 1.54) is 20.3 Å². The van der Waals surface area contributed by atoms with Gasteiger partial charge in [0.1, 0.15) is 11.4 Å². The molecule has 1 atom stereocenters. The number of para-hydroxylation sites is 1. The highest BCUT2D eigenvalue weighted by molar-refractivity contribution is 5.96. The molecule has 1 aromatic heterocycles. The Labute approximate surface area is 196 Å². The summed E-state index contributed by atoms with van der Waals surface area (Å²) in [6.45, 7) is 0.327. The summed E-state index contributed by atoms with van der Waals surface area (Å²) in [6, 6.07) is 20.6. The van der Waals surface area contributed by atoms with E-state index < -0.39 is 6.10 Å². The van der Waals surface area contributed by atoms with Crippen molar-refractivity contribution in [1.82, 2.24) is 9.97 Å². The van der Waals surface area contributed by atoms with Gasteiger partial charge in [0.15, 0.2) is 5.82 Å². The summed E-state index contributed by atoms with van der Waals surface area (Å²) < 4.78 is 10.2. The molecule has 0 bridgehead atoms. The lowest BCUT2D eigenvalue weighted by Gasteiger charge is -2.15. The van der Waals surface area contributed by atoms with Crippen molar-refractivity contribution in [3.8, 4) is 17.6 Å². The molecule has 9 heteroatoms. The molecule has 1 heterocycles. The van der Waals surface area contributed by atoms with Crippen LogP contribution >= 0.6 is 0 Å². The first-order valence-corrected chi connectivity index (χ1v) is 10.7. The number of hydrogen-bond donors (Lipinski definition) is 3. The van der Waals surface area contributed by atoms with Crippen LogP contribution in [0.3, 0.4) is 0 Å². The Bertz CT molecular complexity index is 1280. The fourth-order valence-corrected chi connectivity index (χ4v) is 3.49. The monoisotopic (exact) mass is 459 g/mol. The molecule has 174 valence electrons. The largest absolute Gasteiger partial charge is 0.505 e. The van der Waals surface area contributed by atoms with Crippen LogP contribution in [0.25, 0.3) is 10.8 Å². The van der Waals surface area contributed by atoms with E-state index in [1.54, 1.807) is 0 Å². The van der Waals surface area contributed by atoms with Crippen LogP contribution < -0.4 is 14.8 Å². The molecule has 0 aliphatic rings. The maximum atomic E-state index is 11.0. The summed E-state index contributed by atoms with van der Waals surface area (Å²) in [5, 5.41) is 34.9. The average molecular weight is 460 g/mol. The minimum Gasteiger partial charge on any atom is -0.505 e. The predicted molar refractivity (Wildman–Crippen MR) is 130 cm³/mol. The first-order chi connectivity index (χ1) is 16.6. The predicted octanol–water partition coefficient (Wildman–Crippen LogP) is 4.78. The molecule has 0 aliphatic heterocycles. The summed E-state index contributed by atoms with van der Waals surface area (Å²) >= 11 is 0. The topological polar surface area (TPSA) is 121 Å². The van der Waals surface area contributed by atoms with E-state index in [0.717, 1.165) is 16.5 Å². The lowest BCUT2D eigenvalue weighted by atomic mass is 9.99. The number of benzene rings is 3. The smallest absolute Gasteiger partial charge is 0.321 e. The van der Waals surface area contributed by atoms with Crippen molar-refractivity contribution < 1.29 is 19.7 Å². The van der Waals surface area contributed by atoms with E-state index in [9.17, 15) is 10.2 Å². The Morgan fingerprint density at radius 3 is 2.47 bits per heavy atom. The lowest BCUT2D eigenvalue weighted by molar-refractivity contribution is 0.187. The maximum Gasteiger partial charge on any atom is 0.321 e. The van der Waals surface area contributed by atoms with E-state index in [0.29, 0.717) is 12.1 Å². The van der Waals surface area contributed by atoms with Crippen LogP contribution in [0.2, 0.25) is 0 Å². The van der Waals surface area contributed by atoms with Gasteiger partial charge in [-0.2, -0.15) is 9.97 Å². The molecular weight excluding hydrogens is 434 g/mol. The molecule has 3 N–H and O–H groups in total. The number of nitrogens with zero attached hydrogens (tertiary/aromatic N) is 4. The number of rotatable bonds is 9. The highest BCUT2D eigenvalue weighted by Crippen LogP contribution is 2.40. The normalized spacial score (nSPS) is 12.1. The third-order valence-electron chi connectivity index (χ3n) is 5.16. The van der Waals surface area contributed by atoms with Gasteiger partial charge in [-0.15, -0.1) is 10.2 Å². The molecule has 3 aromatic carbocycles. The van der Waals surface area contributed by atoms with Crippen LogP contribution in [0.1, 0.15) is 5.56 Å². The SMILES string of the molecule is COc1cc(N=Nc2c(O)c(CC(O)CNc3ccccc3)cc3ccccc23)nc(OC)n1. The number of anilines is 1. The minimum atomic E-state index is -0.729. The third-order valence-corrected chi connectivity index (χ3v) is 5.16. The maximum absolute atomic E-state index is 11.0. The van der Waals surface area contributed by atoms with Crippen LogP contribution in [-0.4, -0.2) is 47.0 Å². The Morgan fingerprint density at radius 2 is 1.71 bits per heavy atom. The van der Waals surface area contributed by atoms with Crippen molar-refractivity contribution in [2.75, 3.05) is 26.1 Å². The average Bonchev–Trinajstić information content (AvgIpc) is 2.88. The van der Waals surface area contributed by atoms with Gasteiger partial charge in [0.25, 0.3) is 0 Å². The van der Waals surface area contributed by atoms with Gasteiger partial charge in [-0.3, -0.25) is 0 Å². The van der Waals surface area contributed by atoms with Gasteiger partial charge >= 0.3 is 6.01 Å². The second-order valence-electron chi connectivity index (χ2n) is 7.51. The second-order valence-corrected chi connectivity index (χ2v) is 7.51. The molecule has 4 aromatic rings. The number of fused-ring (bicyclic) bond motifs is 1. The number of phenolic OH excluding ortho intramolecular Hbond substituents is 1. The van der Waals surface area contributed by atoms with Gasteiger partial charge in [-0.1, -0.05) is 42.5 Å². The first kappa shape index (κ1) is 22.9. The molecule has 9 nitrogen and oxygen atoms in total. The number of nitrogens with one attached hydrogen (secondary N) is 1. The molecule has 0 aliphatic carbocycles. The van der Waals surface area contributed by atoms with Gasteiger partial charge in [-0.25, -0.2) is 0 Å². The van der Waals surface area contributed by atoms with Crippen molar-refractivity contribution in [3.05, 3.63) is 72.3 Å². The number of aliphatic hydroxyl groups excluding tert-OH is 1. The fraction of sp³-hybridized carbons (Fsp3) is 0.200. The molecule has 0 amide bonds. The number of aliphatic hydroxyl groups is 1. The molecule has 0 saturated carbocycles. The van der Waals surface area contributed by atoms with Gasteiger partial charge < -0.3 is 25.0 Å². The van der Waals surface area contributed by atoms with Crippen LogP contribution in [0.15, 0.2) is 77.0 Å². The Balaban J connectivity index is 1.63. The van der Waals surface area contributed by atoms with E-state index in [2.05, 4.69) is 25.5 Å². The minimum absolute atomic E-state index is 0.0470. The van der Waals surface area contributed by atoms with E-state index in [4.69, 9.17) is 9.47 Å². The van der Waals surface area contributed by atoms with Crippen molar-refractivity contribution in [2.24, 2.45) is 10.2 Å².